The molecule has 1 aromatic rings. The van der Waals surface area contributed by atoms with Crippen LogP contribution in [0.1, 0.15) is 103 Å². The summed E-state index contributed by atoms with van der Waals surface area (Å²) in [6.07, 6.45) is 8.84. The third-order valence-corrected chi connectivity index (χ3v) is 6.15. The van der Waals surface area contributed by atoms with Crippen LogP contribution in [-0.2, 0) is 14.3 Å². The van der Waals surface area contributed by atoms with E-state index in [-0.39, 0.29) is 24.0 Å². The molecule has 7 heteroatoms. The number of aliphatic hydroxyl groups is 1. The largest absolute Gasteiger partial charge is 0.508 e. The lowest BCUT2D eigenvalue weighted by Crippen LogP contribution is -2.32. The molecular weight excluding hydrogens is 506 g/mol. The van der Waals surface area contributed by atoms with E-state index < -0.39 is 6.10 Å². The quantitative estimate of drug-likeness (QED) is 0.154. The highest BCUT2D eigenvalue weighted by Gasteiger charge is 2.19. The monoisotopic (exact) mass is 559 g/mol. The van der Waals surface area contributed by atoms with Crippen LogP contribution in [0, 0.1) is 5.92 Å². The standard InChI is InChI=1S/C29H41NO6.2C2H6/c1-4-9-22(5-2)19-28-27(35-16-17-36-28)18-21(3)26(33)20-30-29(34)11-8-6-7-10-25(32)23-12-14-24(31)15-13-23;2*1-2/h12-15,18-19,22,26,31,33H,3-11,16-17,20H2,1-2H3,(H,30,34);2*1-2H3/b27-18+,28-19+;;/t22-,26?;;/m1../s1. The number of hydrogen-bond donors (Lipinski definition) is 3. The summed E-state index contributed by atoms with van der Waals surface area (Å²) in [6.45, 7) is 17.2. The first kappa shape index (κ1) is 36.9. The number of aliphatic hydroxyl groups excluding tert-OH is 1. The average Bonchev–Trinajstić information content (AvgIpc) is 2.98. The number of ether oxygens (including phenoxy) is 2. The Balaban J connectivity index is 0.00000363. The van der Waals surface area contributed by atoms with Crippen molar-refractivity contribution in [3.63, 3.8) is 0 Å². The van der Waals surface area contributed by atoms with Gasteiger partial charge in [-0.2, -0.15) is 0 Å². The first-order valence-electron chi connectivity index (χ1n) is 15.0. The van der Waals surface area contributed by atoms with Crippen molar-refractivity contribution in [3.8, 4) is 5.75 Å². The summed E-state index contributed by atoms with van der Waals surface area (Å²) in [5.41, 5.74) is 1.02. The summed E-state index contributed by atoms with van der Waals surface area (Å²) in [5.74, 6) is 1.65. The fourth-order valence-electron chi connectivity index (χ4n) is 3.91. The number of allylic oxidation sites excluding steroid dienone is 1. The van der Waals surface area contributed by atoms with Crippen molar-refractivity contribution in [1.29, 1.82) is 0 Å². The van der Waals surface area contributed by atoms with Crippen molar-refractivity contribution in [2.75, 3.05) is 19.8 Å². The van der Waals surface area contributed by atoms with Crippen LogP contribution in [0.2, 0.25) is 0 Å². The highest BCUT2D eigenvalue weighted by molar-refractivity contribution is 5.96. The molecule has 2 atom stereocenters. The van der Waals surface area contributed by atoms with Crippen LogP contribution in [0.4, 0.5) is 0 Å². The molecule has 0 radical (unpaired) electrons. The van der Waals surface area contributed by atoms with Crippen LogP contribution in [-0.4, -0.2) is 47.8 Å². The van der Waals surface area contributed by atoms with Gasteiger partial charge < -0.3 is 25.0 Å². The molecule has 1 aliphatic heterocycles. The molecule has 1 unspecified atom stereocenters. The lowest BCUT2D eigenvalue weighted by molar-refractivity contribution is -0.121. The number of nitrogens with one attached hydrogen (secondary N) is 1. The van der Waals surface area contributed by atoms with E-state index in [2.05, 4.69) is 31.8 Å². The van der Waals surface area contributed by atoms with Gasteiger partial charge in [0.1, 0.15) is 19.0 Å². The third kappa shape index (κ3) is 14.9. The molecule has 1 amide bonds. The Morgan fingerprint density at radius 2 is 1.57 bits per heavy atom. The number of phenolic OH excluding ortho intramolecular Hbond substituents is 1. The summed E-state index contributed by atoms with van der Waals surface area (Å²) >= 11 is 0. The highest BCUT2D eigenvalue weighted by Crippen LogP contribution is 2.25. The Morgan fingerprint density at radius 3 is 2.17 bits per heavy atom. The number of phenols is 1. The number of aromatic hydroxyl groups is 1. The number of benzene rings is 1. The van der Waals surface area contributed by atoms with Crippen molar-refractivity contribution in [2.24, 2.45) is 5.92 Å². The first-order chi connectivity index (χ1) is 19.3. The second-order valence-electron chi connectivity index (χ2n) is 9.12. The molecule has 1 heterocycles. The average molecular weight is 560 g/mol. The molecule has 1 aromatic carbocycles. The van der Waals surface area contributed by atoms with Crippen LogP contribution >= 0.6 is 0 Å². The number of unbranched alkanes of at least 4 members (excludes halogenated alkanes) is 2. The van der Waals surface area contributed by atoms with Crippen molar-refractivity contribution in [1.82, 2.24) is 5.32 Å². The third-order valence-electron chi connectivity index (χ3n) is 6.15. The number of hydrogen-bond acceptors (Lipinski definition) is 6. The minimum atomic E-state index is -0.936. The van der Waals surface area contributed by atoms with Gasteiger partial charge in [0.05, 0.1) is 6.10 Å². The van der Waals surface area contributed by atoms with Gasteiger partial charge in [-0.05, 0) is 73.6 Å². The maximum atomic E-state index is 12.2. The molecule has 7 nitrogen and oxygen atoms in total. The van der Waals surface area contributed by atoms with E-state index >= 15 is 0 Å². The summed E-state index contributed by atoms with van der Waals surface area (Å²) in [6, 6.07) is 6.22. The van der Waals surface area contributed by atoms with Crippen LogP contribution in [0.3, 0.4) is 0 Å². The van der Waals surface area contributed by atoms with Gasteiger partial charge in [0.2, 0.25) is 5.91 Å². The lowest BCUT2D eigenvalue weighted by Gasteiger charge is -2.23. The number of rotatable bonds is 15. The van der Waals surface area contributed by atoms with E-state index in [9.17, 15) is 19.8 Å². The molecule has 1 saturated heterocycles. The van der Waals surface area contributed by atoms with Gasteiger partial charge >= 0.3 is 0 Å². The molecule has 0 spiro atoms. The Labute approximate surface area is 242 Å². The van der Waals surface area contributed by atoms with E-state index in [1.807, 2.05) is 27.7 Å². The second-order valence-corrected chi connectivity index (χ2v) is 9.12. The van der Waals surface area contributed by atoms with Crippen LogP contribution < -0.4 is 5.32 Å². The van der Waals surface area contributed by atoms with Crippen LogP contribution in [0.5, 0.6) is 5.75 Å². The van der Waals surface area contributed by atoms with Gasteiger partial charge in [-0.1, -0.05) is 61.0 Å². The Hall–Kier alpha value is -3.06. The van der Waals surface area contributed by atoms with Gasteiger partial charge in [-0.15, -0.1) is 0 Å². The number of ketones is 1. The van der Waals surface area contributed by atoms with Gasteiger partial charge in [0, 0.05) is 24.9 Å². The van der Waals surface area contributed by atoms with E-state index in [1.54, 1.807) is 18.2 Å². The van der Waals surface area contributed by atoms with E-state index in [0.717, 1.165) is 25.7 Å². The Kier molecular flexibility index (Phi) is 21.0. The normalized spacial score (nSPS) is 15.8. The van der Waals surface area contributed by atoms with E-state index in [1.165, 1.54) is 12.1 Å². The topological polar surface area (TPSA) is 105 Å². The van der Waals surface area contributed by atoms with E-state index in [4.69, 9.17) is 9.47 Å². The highest BCUT2D eigenvalue weighted by atomic mass is 16.6. The zero-order chi connectivity index (χ0) is 30.3. The van der Waals surface area contributed by atoms with Gasteiger partial charge in [0.25, 0.3) is 0 Å². The molecular formula is C33H53NO6. The summed E-state index contributed by atoms with van der Waals surface area (Å²) < 4.78 is 11.6. The van der Waals surface area contributed by atoms with Gasteiger partial charge in [-0.3, -0.25) is 9.59 Å². The number of carbonyl (C=O) groups is 2. The van der Waals surface area contributed by atoms with Crippen LogP contribution in [0.25, 0.3) is 0 Å². The van der Waals surface area contributed by atoms with Gasteiger partial charge in [0.15, 0.2) is 17.3 Å². The summed E-state index contributed by atoms with van der Waals surface area (Å²) in [4.78, 5) is 24.3. The minimum Gasteiger partial charge on any atom is -0.508 e. The Morgan fingerprint density at radius 1 is 0.975 bits per heavy atom. The smallest absolute Gasteiger partial charge is 0.220 e. The fourth-order valence-corrected chi connectivity index (χ4v) is 3.91. The predicted octanol–water partition coefficient (Wildman–Crippen LogP) is 7.25. The minimum absolute atomic E-state index is 0.0242. The lowest BCUT2D eigenvalue weighted by atomic mass is 9.99. The molecule has 3 N–H and O–H groups in total. The molecule has 1 aliphatic rings. The second kappa shape index (κ2) is 22.7. The van der Waals surface area contributed by atoms with Crippen molar-refractivity contribution >= 4 is 11.7 Å². The van der Waals surface area contributed by atoms with E-state index in [0.29, 0.717) is 67.5 Å². The first-order valence-corrected chi connectivity index (χ1v) is 15.0. The molecule has 226 valence electrons. The maximum absolute atomic E-state index is 12.2. The molecule has 2 rings (SSSR count). The number of Topliss-reactive ketones (excluding diaryl/α,β-unsaturated/α-hetero) is 1. The fraction of sp³-hybridized carbons (Fsp3) is 0.576. The predicted molar refractivity (Wildman–Crippen MR) is 163 cm³/mol. The zero-order valence-corrected chi connectivity index (χ0v) is 25.6. The molecule has 40 heavy (non-hydrogen) atoms. The molecule has 0 aliphatic carbocycles. The summed E-state index contributed by atoms with van der Waals surface area (Å²) in [5, 5.41) is 22.5. The molecule has 1 fully saturated rings. The number of amides is 1. The molecule has 0 bridgehead atoms. The Bertz CT molecular complexity index is 919. The molecule has 0 aromatic heterocycles. The summed E-state index contributed by atoms with van der Waals surface area (Å²) in [7, 11) is 0. The van der Waals surface area contributed by atoms with Crippen molar-refractivity contribution in [2.45, 2.75) is 99.0 Å². The molecule has 0 saturated carbocycles. The maximum Gasteiger partial charge on any atom is 0.220 e. The van der Waals surface area contributed by atoms with Gasteiger partial charge in [-0.25, -0.2) is 0 Å². The number of carbonyl (C=O) groups excluding carboxylic acids is 2. The SMILES string of the molecule is C=C(/C=C1/OCCO/C1=C/[C@H](CC)CCC)C(O)CNC(=O)CCCCCC(=O)c1ccc(O)cc1.CC.CC. The van der Waals surface area contributed by atoms with Crippen molar-refractivity contribution in [3.05, 3.63) is 65.7 Å². The zero-order valence-electron chi connectivity index (χ0n) is 25.6. The van der Waals surface area contributed by atoms with Crippen LogP contribution in [0.15, 0.2) is 60.1 Å². The van der Waals surface area contributed by atoms with Crippen molar-refractivity contribution < 1.29 is 29.3 Å².